The fourth-order valence-electron chi connectivity index (χ4n) is 2.33. The molecule has 2 aromatic heterocycles. The topological polar surface area (TPSA) is 28.7 Å². The highest BCUT2D eigenvalue weighted by Crippen LogP contribution is 2.27. The number of aryl methyl sites for hydroxylation is 1. The number of nitrogens with zero attached hydrogens (tertiary/aromatic N) is 1. The largest absolute Gasteiger partial charge is 0.353 e. The Morgan fingerprint density at radius 3 is 2.88 bits per heavy atom. The minimum absolute atomic E-state index is 1.09. The summed E-state index contributed by atoms with van der Waals surface area (Å²) in [5.41, 5.74) is 3.69. The third-order valence-electron chi connectivity index (χ3n) is 3.01. The molecule has 0 saturated heterocycles. The fourth-order valence-corrected chi connectivity index (χ4v) is 2.33. The summed E-state index contributed by atoms with van der Waals surface area (Å²) < 4.78 is 0. The van der Waals surface area contributed by atoms with Gasteiger partial charge in [-0.2, -0.15) is 0 Å². The molecule has 1 N–H and O–H groups in total. The first-order chi connectivity index (χ1) is 7.90. The molecule has 1 aromatic carbocycles. The molecule has 0 saturated carbocycles. The van der Waals surface area contributed by atoms with Crippen LogP contribution in [-0.4, -0.2) is 9.97 Å². The molecule has 3 aromatic rings. The molecular weight excluding hydrogens is 196 g/mol. The van der Waals surface area contributed by atoms with Crippen molar-refractivity contribution in [3.05, 3.63) is 42.2 Å². The van der Waals surface area contributed by atoms with Crippen molar-refractivity contribution in [3.8, 4) is 0 Å². The molecule has 3 rings (SSSR count). The Balaban J connectivity index is 2.43. The molecule has 16 heavy (non-hydrogen) atoms. The lowest BCUT2D eigenvalue weighted by Gasteiger charge is -2.00. The summed E-state index contributed by atoms with van der Waals surface area (Å²) in [5.74, 6) is 0. The van der Waals surface area contributed by atoms with Gasteiger partial charge >= 0.3 is 0 Å². The first kappa shape index (κ1) is 9.40. The number of H-pyrrole nitrogens is 1. The summed E-state index contributed by atoms with van der Waals surface area (Å²) in [4.78, 5) is 7.71. The van der Waals surface area contributed by atoms with Gasteiger partial charge in [-0.05, 0) is 18.1 Å². The van der Waals surface area contributed by atoms with Crippen LogP contribution in [-0.2, 0) is 6.42 Å². The van der Waals surface area contributed by atoms with Crippen LogP contribution in [0, 0.1) is 0 Å². The molecule has 0 bridgehead atoms. The van der Waals surface area contributed by atoms with Gasteiger partial charge in [0.15, 0.2) is 0 Å². The Bertz CT molecular complexity index is 637. The van der Waals surface area contributed by atoms with E-state index in [-0.39, 0.29) is 0 Å². The minimum Gasteiger partial charge on any atom is -0.353 e. The molecule has 0 radical (unpaired) electrons. The van der Waals surface area contributed by atoms with Crippen LogP contribution in [0.15, 0.2) is 36.7 Å². The van der Waals surface area contributed by atoms with Crippen molar-refractivity contribution in [2.45, 2.75) is 19.8 Å². The van der Waals surface area contributed by atoms with Gasteiger partial charge in [0.2, 0.25) is 0 Å². The molecule has 2 nitrogen and oxygen atoms in total. The predicted octanol–water partition coefficient (Wildman–Crippen LogP) is 3.67. The normalized spacial score (nSPS) is 11.3. The van der Waals surface area contributed by atoms with Gasteiger partial charge in [0.25, 0.3) is 0 Å². The van der Waals surface area contributed by atoms with Crippen LogP contribution in [0.5, 0.6) is 0 Å². The van der Waals surface area contributed by atoms with Crippen molar-refractivity contribution in [1.29, 1.82) is 0 Å². The van der Waals surface area contributed by atoms with Crippen LogP contribution in [0.25, 0.3) is 21.8 Å². The molecule has 0 atom stereocenters. The van der Waals surface area contributed by atoms with Crippen LogP contribution in [0.2, 0.25) is 0 Å². The predicted molar refractivity (Wildman–Crippen MR) is 67.6 cm³/mol. The van der Waals surface area contributed by atoms with E-state index in [2.05, 4.69) is 41.2 Å². The van der Waals surface area contributed by atoms with E-state index in [4.69, 9.17) is 0 Å². The average Bonchev–Trinajstić information content (AvgIpc) is 2.68. The molecule has 0 fully saturated rings. The Hall–Kier alpha value is -1.83. The van der Waals surface area contributed by atoms with Crippen LogP contribution >= 0.6 is 0 Å². The number of pyridine rings is 1. The monoisotopic (exact) mass is 210 g/mol. The molecule has 0 spiro atoms. The Morgan fingerprint density at radius 1 is 1.12 bits per heavy atom. The second-order valence-electron chi connectivity index (χ2n) is 4.14. The van der Waals surface area contributed by atoms with Gasteiger partial charge in [0, 0.05) is 22.5 Å². The molecule has 0 aliphatic heterocycles. The number of hydrogen-bond donors (Lipinski definition) is 1. The zero-order valence-electron chi connectivity index (χ0n) is 9.33. The second-order valence-corrected chi connectivity index (χ2v) is 4.14. The second kappa shape index (κ2) is 3.63. The number of fused-ring (bicyclic) bond motifs is 3. The SMILES string of the molecule is CCCc1cncc2[nH]c3ccccc3c12. The number of rotatable bonds is 2. The molecule has 0 unspecified atom stereocenters. The van der Waals surface area contributed by atoms with E-state index in [1.54, 1.807) is 0 Å². The van der Waals surface area contributed by atoms with Crippen LogP contribution in [0.3, 0.4) is 0 Å². The molecule has 0 amide bonds. The number of hydrogen-bond acceptors (Lipinski definition) is 1. The smallest absolute Gasteiger partial charge is 0.0654 e. The average molecular weight is 210 g/mol. The Morgan fingerprint density at radius 2 is 2.00 bits per heavy atom. The quantitative estimate of drug-likeness (QED) is 0.687. The van der Waals surface area contributed by atoms with Gasteiger partial charge in [-0.1, -0.05) is 31.5 Å². The molecule has 80 valence electrons. The molecule has 2 heteroatoms. The van der Waals surface area contributed by atoms with E-state index in [0.29, 0.717) is 0 Å². The van der Waals surface area contributed by atoms with Crippen LogP contribution in [0.4, 0.5) is 0 Å². The van der Waals surface area contributed by atoms with Crippen LogP contribution < -0.4 is 0 Å². The summed E-state index contributed by atoms with van der Waals surface area (Å²) in [5, 5.41) is 2.65. The number of aromatic nitrogens is 2. The lowest BCUT2D eigenvalue weighted by molar-refractivity contribution is 0.923. The van der Waals surface area contributed by atoms with Gasteiger partial charge < -0.3 is 4.98 Å². The lowest BCUT2D eigenvalue weighted by atomic mass is 10.1. The van der Waals surface area contributed by atoms with Crippen molar-refractivity contribution in [2.24, 2.45) is 0 Å². The van der Waals surface area contributed by atoms with Crippen LogP contribution in [0.1, 0.15) is 18.9 Å². The molecule has 0 aliphatic rings. The highest BCUT2D eigenvalue weighted by atomic mass is 14.7. The number of aromatic amines is 1. The maximum absolute atomic E-state index is 4.30. The Labute approximate surface area is 94.3 Å². The summed E-state index contributed by atoms with van der Waals surface area (Å²) >= 11 is 0. The third kappa shape index (κ3) is 1.30. The van der Waals surface area contributed by atoms with E-state index < -0.39 is 0 Å². The Kier molecular flexibility index (Phi) is 2.13. The van der Waals surface area contributed by atoms with Gasteiger partial charge in [-0.25, -0.2) is 0 Å². The van der Waals surface area contributed by atoms with Crippen molar-refractivity contribution < 1.29 is 0 Å². The lowest BCUT2D eigenvalue weighted by Crippen LogP contribution is -1.86. The van der Waals surface area contributed by atoms with E-state index in [0.717, 1.165) is 18.4 Å². The third-order valence-corrected chi connectivity index (χ3v) is 3.01. The molecular formula is C14H14N2. The molecule has 2 heterocycles. The number of benzene rings is 1. The first-order valence-corrected chi connectivity index (χ1v) is 5.73. The summed E-state index contributed by atoms with van der Waals surface area (Å²) in [7, 11) is 0. The highest BCUT2D eigenvalue weighted by Gasteiger charge is 2.07. The van der Waals surface area contributed by atoms with Crippen molar-refractivity contribution in [1.82, 2.24) is 9.97 Å². The minimum atomic E-state index is 1.09. The maximum atomic E-state index is 4.30. The first-order valence-electron chi connectivity index (χ1n) is 5.73. The number of para-hydroxylation sites is 1. The van der Waals surface area contributed by atoms with Crippen molar-refractivity contribution >= 4 is 21.8 Å². The zero-order valence-corrected chi connectivity index (χ0v) is 9.33. The van der Waals surface area contributed by atoms with Gasteiger partial charge in [-0.3, -0.25) is 4.98 Å². The summed E-state index contributed by atoms with van der Waals surface area (Å²) in [6.07, 6.45) is 6.15. The van der Waals surface area contributed by atoms with E-state index >= 15 is 0 Å². The van der Waals surface area contributed by atoms with Gasteiger partial charge in [0.05, 0.1) is 11.7 Å². The van der Waals surface area contributed by atoms with E-state index in [1.807, 2.05) is 12.4 Å². The maximum Gasteiger partial charge on any atom is 0.0654 e. The van der Waals surface area contributed by atoms with Crippen molar-refractivity contribution in [2.75, 3.05) is 0 Å². The van der Waals surface area contributed by atoms with Gasteiger partial charge in [-0.15, -0.1) is 0 Å². The summed E-state index contributed by atoms with van der Waals surface area (Å²) in [6.45, 7) is 2.20. The van der Waals surface area contributed by atoms with Gasteiger partial charge in [0.1, 0.15) is 0 Å². The highest BCUT2D eigenvalue weighted by molar-refractivity contribution is 6.08. The van der Waals surface area contributed by atoms with E-state index in [9.17, 15) is 0 Å². The van der Waals surface area contributed by atoms with Crippen molar-refractivity contribution in [3.63, 3.8) is 0 Å². The van der Waals surface area contributed by atoms with E-state index in [1.165, 1.54) is 21.9 Å². The fraction of sp³-hybridized carbons (Fsp3) is 0.214. The summed E-state index contributed by atoms with van der Waals surface area (Å²) in [6, 6.07) is 8.44. The number of nitrogens with one attached hydrogen (secondary N) is 1. The standard InChI is InChI=1S/C14H14N2/c1-2-5-10-8-15-9-13-14(10)11-6-3-4-7-12(11)16-13/h3-4,6-9,16H,2,5H2,1H3. The molecule has 0 aliphatic carbocycles. The zero-order chi connectivity index (χ0) is 11.0.